The van der Waals surface area contributed by atoms with E-state index in [0.29, 0.717) is 11.8 Å². The molecule has 0 saturated heterocycles. The number of amides is 1. The lowest BCUT2D eigenvalue weighted by Gasteiger charge is -2.11. The van der Waals surface area contributed by atoms with Crippen LogP contribution in [0.3, 0.4) is 0 Å². The van der Waals surface area contributed by atoms with Gasteiger partial charge in [0.2, 0.25) is 5.91 Å². The molecule has 2 rings (SSSR count). The van der Waals surface area contributed by atoms with Crippen LogP contribution in [0.4, 0.5) is 0 Å². The molecule has 134 valence electrons. The molecule has 5 nitrogen and oxygen atoms in total. The Morgan fingerprint density at radius 2 is 2.33 bits per heavy atom. The highest BCUT2D eigenvalue weighted by molar-refractivity contribution is 5.87. The van der Waals surface area contributed by atoms with Gasteiger partial charge in [0, 0.05) is 0 Å². The highest BCUT2D eigenvalue weighted by atomic mass is 16.6. The van der Waals surface area contributed by atoms with E-state index in [1.807, 2.05) is 6.08 Å². The van der Waals surface area contributed by atoms with Crippen molar-refractivity contribution in [3.63, 3.8) is 0 Å². The van der Waals surface area contributed by atoms with Crippen LogP contribution in [0.2, 0.25) is 0 Å². The van der Waals surface area contributed by atoms with Gasteiger partial charge in [-0.3, -0.25) is 4.79 Å². The largest absolute Gasteiger partial charge is 0.395 e. The van der Waals surface area contributed by atoms with Gasteiger partial charge in [-0.2, -0.15) is 0 Å². The second-order valence-electron chi connectivity index (χ2n) is 6.84. The van der Waals surface area contributed by atoms with Gasteiger partial charge >= 0.3 is 0 Å². The maximum atomic E-state index is 10.7. The Bertz CT molecular complexity index is 511. The summed E-state index contributed by atoms with van der Waals surface area (Å²) in [5.41, 5.74) is 7.46. The van der Waals surface area contributed by atoms with E-state index in [1.54, 1.807) is 0 Å². The standard InChI is InChI=1S/C19H30N2O3/c1-2-3-4-5-17(22)9-8-14-6-7-15-12-16(13-18(14)15)21-24-11-10-19(20)23/h6,8-9,15,17-18,22H,2-5,7,10-13H2,1H3,(H2,20,23)/b9-8?,21-16-/t15-,17?,18+/m1/s1. The molecule has 0 aromatic heterocycles. The van der Waals surface area contributed by atoms with Gasteiger partial charge in [-0.1, -0.05) is 49.6 Å². The number of fused-ring (bicyclic) bond motifs is 1. The van der Waals surface area contributed by atoms with Crippen molar-refractivity contribution in [3.05, 3.63) is 23.8 Å². The predicted molar refractivity (Wildman–Crippen MR) is 95.4 cm³/mol. The average molecular weight is 334 g/mol. The summed E-state index contributed by atoms with van der Waals surface area (Å²) in [4.78, 5) is 15.9. The summed E-state index contributed by atoms with van der Waals surface area (Å²) in [5.74, 6) is 0.717. The normalized spacial score (nSPS) is 25.9. The van der Waals surface area contributed by atoms with Crippen molar-refractivity contribution in [2.45, 2.75) is 64.4 Å². The number of hydrogen-bond donors (Lipinski definition) is 2. The van der Waals surface area contributed by atoms with E-state index in [2.05, 4.69) is 24.2 Å². The smallest absolute Gasteiger partial charge is 0.220 e. The van der Waals surface area contributed by atoms with Crippen molar-refractivity contribution in [2.75, 3.05) is 6.61 Å². The number of carbonyl (C=O) groups excluding carboxylic acids is 1. The fourth-order valence-electron chi connectivity index (χ4n) is 3.50. The molecule has 1 fully saturated rings. The van der Waals surface area contributed by atoms with Crippen molar-refractivity contribution in [2.24, 2.45) is 22.7 Å². The van der Waals surface area contributed by atoms with Crippen LogP contribution >= 0.6 is 0 Å². The Kier molecular flexibility index (Phi) is 7.50. The van der Waals surface area contributed by atoms with Crippen molar-refractivity contribution in [1.29, 1.82) is 0 Å². The first-order valence-corrected chi connectivity index (χ1v) is 9.12. The molecule has 0 radical (unpaired) electrons. The van der Waals surface area contributed by atoms with Crippen LogP contribution in [-0.4, -0.2) is 29.4 Å². The molecule has 3 N–H and O–H groups in total. The zero-order valence-corrected chi connectivity index (χ0v) is 14.6. The van der Waals surface area contributed by atoms with Crippen LogP contribution in [-0.2, 0) is 9.63 Å². The van der Waals surface area contributed by atoms with Crippen LogP contribution in [0.25, 0.3) is 0 Å². The molecule has 0 bridgehead atoms. The fourth-order valence-corrected chi connectivity index (χ4v) is 3.50. The first kappa shape index (κ1) is 18.7. The number of carbonyl (C=O) groups is 1. The monoisotopic (exact) mass is 334 g/mol. The van der Waals surface area contributed by atoms with Gasteiger partial charge in [0.1, 0.15) is 6.61 Å². The molecule has 1 saturated carbocycles. The Morgan fingerprint density at radius 3 is 3.08 bits per heavy atom. The average Bonchev–Trinajstić information content (AvgIpc) is 3.10. The van der Waals surface area contributed by atoms with Crippen molar-refractivity contribution in [1.82, 2.24) is 0 Å². The number of primary amides is 1. The number of aliphatic hydroxyl groups excluding tert-OH is 1. The number of allylic oxidation sites excluding steroid dienone is 3. The van der Waals surface area contributed by atoms with Crippen molar-refractivity contribution >= 4 is 11.6 Å². The molecule has 2 aliphatic rings. The number of oxime groups is 1. The van der Waals surface area contributed by atoms with Crippen LogP contribution in [0.1, 0.15) is 58.3 Å². The number of rotatable bonds is 10. The van der Waals surface area contributed by atoms with Gasteiger partial charge in [0.25, 0.3) is 0 Å². The van der Waals surface area contributed by atoms with Gasteiger partial charge in [-0.15, -0.1) is 0 Å². The number of unbranched alkanes of at least 4 members (excludes halogenated alkanes) is 2. The third-order valence-corrected chi connectivity index (χ3v) is 4.85. The lowest BCUT2D eigenvalue weighted by atomic mass is 9.94. The van der Waals surface area contributed by atoms with Crippen molar-refractivity contribution < 1.29 is 14.7 Å². The molecule has 0 aliphatic heterocycles. The Hall–Kier alpha value is -1.62. The van der Waals surface area contributed by atoms with E-state index in [4.69, 9.17) is 10.6 Å². The van der Waals surface area contributed by atoms with Gasteiger partial charge in [0.05, 0.1) is 18.2 Å². The minimum absolute atomic E-state index is 0.202. The maximum absolute atomic E-state index is 10.7. The van der Waals surface area contributed by atoms with E-state index in [9.17, 15) is 9.90 Å². The van der Waals surface area contributed by atoms with E-state index in [-0.39, 0.29) is 25.0 Å². The molecule has 0 spiro atoms. The second-order valence-corrected chi connectivity index (χ2v) is 6.84. The highest BCUT2D eigenvalue weighted by Gasteiger charge is 2.36. The summed E-state index contributed by atoms with van der Waals surface area (Å²) in [5, 5.41) is 14.2. The minimum Gasteiger partial charge on any atom is -0.395 e. The molecule has 5 heteroatoms. The number of nitrogens with zero attached hydrogens (tertiary/aromatic N) is 1. The van der Waals surface area contributed by atoms with E-state index in [0.717, 1.165) is 37.8 Å². The number of nitrogens with two attached hydrogens (primary N) is 1. The van der Waals surface area contributed by atoms with Crippen LogP contribution < -0.4 is 5.73 Å². The van der Waals surface area contributed by atoms with Crippen LogP contribution in [0, 0.1) is 11.8 Å². The van der Waals surface area contributed by atoms with Crippen molar-refractivity contribution in [3.8, 4) is 0 Å². The molecule has 2 aliphatic carbocycles. The van der Waals surface area contributed by atoms with Gasteiger partial charge < -0.3 is 15.7 Å². The molecule has 1 unspecified atom stereocenters. The lowest BCUT2D eigenvalue weighted by Crippen LogP contribution is -2.12. The summed E-state index contributed by atoms with van der Waals surface area (Å²) in [6, 6.07) is 0. The zero-order chi connectivity index (χ0) is 17.4. The number of hydrogen-bond acceptors (Lipinski definition) is 4. The van der Waals surface area contributed by atoms with Gasteiger partial charge in [-0.05, 0) is 43.1 Å². The minimum atomic E-state index is -0.369. The maximum Gasteiger partial charge on any atom is 0.220 e. The molecular weight excluding hydrogens is 304 g/mol. The van der Waals surface area contributed by atoms with Crippen LogP contribution in [0.15, 0.2) is 29.0 Å². The summed E-state index contributed by atoms with van der Waals surface area (Å²) in [6.07, 6.45) is 13.4. The summed E-state index contributed by atoms with van der Waals surface area (Å²) < 4.78 is 0. The van der Waals surface area contributed by atoms with Crippen LogP contribution in [0.5, 0.6) is 0 Å². The van der Waals surface area contributed by atoms with Gasteiger partial charge in [0.15, 0.2) is 0 Å². The Balaban J connectivity index is 1.77. The molecule has 24 heavy (non-hydrogen) atoms. The third kappa shape index (κ3) is 5.78. The predicted octanol–water partition coefficient (Wildman–Crippen LogP) is 3.09. The number of aliphatic hydroxyl groups is 1. The van der Waals surface area contributed by atoms with E-state index in [1.165, 1.54) is 18.4 Å². The Labute approximate surface area is 144 Å². The highest BCUT2D eigenvalue weighted by Crippen LogP contribution is 2.43. The third-order valence-electron chi connectivity index (χ3n) is 4.85. The molecular formula is C19H30N2O3. The molecule has 3 atom stereocenters. The quantitative estimate of drug-likeness (QED) is 0.475. The molecule has 0 heterocycles. The SMILES string of the molecule is CCCCCC(O)C=CC1=CC[C@@H]2C/C(=N/OCCC(N)=O)C[C@@H]12. The Morgan fingerprint density at radius 1 is 1.50 bits per heavy atom. The summed E-state index contributed by atoms with van der Waals surface area (Å²) >= 11 is 0. The second kappa shape index (κ2) is 9.62. The first-order valence-electron chi connectivity index (χ1n) is 9.12. The topological polar surface area (TPSA) is 84.9 Å². The zero-order valence-electron chi connectivity index (χ0n) is 14.6. The first-order chi connectivity index (χ1) is 11.6. The van der Waals surface area contributed by atoms with E-state index >= 15 is 0 Å². The lowest BCUT2D eigenvalue weighted by molar-refractivity contribution is -0.119. The molecule has 0 aromatic carbocycles. The van der Waals surface area contributed by atoms with Gasteiger partial charge in [-0.25, -0.2) is 0 Å². The fraction of sp³-hybridized carbons (Fsp3) is 0.684. The molecule has 0 aromatic rings. The summed E-state index contributed by atoms with van der Waals surface area (Å²) in [6.45, 7) is 2.42. The molecule has 1 amide bonds. The summed E-state index contributed by atoms with van der Waals surface area (Å²) in [7, 11) is 0. The van der Waals surface area contributed by atoms with E-state index < -0.39 is 0 Å².